The van der Waals surface area contributed by atoms with E-state index >= 15 is 0 Å². The third-order valence-electron chi connectivity index (χ3n) is 4.66. The zero-order chi connectivity index (χ0) is 22.5. The van der Waals surface area contributed by atoms with Crippen LogP contribution in [0.4, 0.5) is 10.2 Å². The number of pyridine rings is 1. The van der Waals surface area contributed by atoms with Crippen LogP contribution in [0.5, 0.6) is 0 Å². The number of rotatable bonds is 9. The number of unbranched alkanes of at least 4 members (excludes halogenated alkanes) is 1. The Balaban J connectivity index is 2.23. The summed E-state index contributed by atoms with van der Waals surface area (Å²) in [7, 11) is 1.48. The first kappa shape index (κ1) is 22.4. The molecule has 0 aliphatic carbocycles. The Morgan fingerprint density at radius 1 is 1.35 bits per heavy atom. The molecule has 1 N–H and O–H groups in total. The van der Waals surface area contributed by atoms with Crippen LogP contribution in [0.1, 0.15) is 28.8 Å². The summed E-state index contributed by atoms with van der Waals surface area (Å²) in [5.41, 5.74) is 1.20. The van der Waals surface area contributed by atoms with Gasteiger partial charge in [0.25, 0.3) is 5.91 Å². The molecule has 1 amide bonds. The molecule has 0 aliphatic heterocycles. The third-order valence-corrected chi connectivity index (χ3v) is 5.37. The molecular formula is C22H21FN3O4S-. The summed E-state index contributed by atoms with van der Waals surface area (Å²) in [6.07, 6.45) is 4.35. The first-order valence-corrected chi connectivity index (χ1v) is 10.5. The Morgan fingerprint density at radius 2 is 2.06 bits per heavy atom. The highest BCUT2D eigenvalue weighted by Crippen LogP contribution is 2.36. The van der Waals surface area contributed by atoms with E-state index in [0.29, 0.717) is 29.4 Å². The van der Waals surface area contributed by atoms with Crippen LogP contribution in [0.2, 0.25) is 0 Å². The number of anilines is 1. The zero-order valence-electron chi connectivity index (χ0n) is 16.9. The minimum absolute atomic E-state index is 0.0812. The number of carbonyl (C=O) groups is 1. The maximum atomic E-state index is 13.4. The number of hydrogen-bond donors (Lipinski definition) is 1. The Hall–Kier alpha value is -3.30. The van der Waals surface area contributed by atoms with E-state index in [1.54, 1.807) is 12.1 Å². The lowest BCUT2D eigenvalue weighted by Crippen LogP contribution is -2.28. The summed E-state index contributed by atoms with van der Waals surface area (Å²) < 4.78 is 44.1. The Kier molecular flexibility index (Phi) is 6.98. The van der Waals surface area contributed by atoms with Gasteiger partial charge in [-0.2, -0.15) is 4.98 Å². The van der Waals surface area contributed by atoms with Crippen LogP contribution in [0.25, 0.3) is 28.5 Å². The number of carbonyl (C=O) groups excluding carboxylic acids is 1. The highest BCUT2D eigenvalue weighted by molar-refractivity contribution is 7.80. The lowest BCUT2D eigenvalue weighted by Gasteiger charge is -2.26. The molecule has 0 aliphatic rings. The number of allylic oxidation sites excluding steroid dienone is 1. The maximum Gasteiger partial charge on any atom is 0.255 e. The van der Waals surface area contributed by atoms with Gasteiger partial charge < -0.3 is 14.3 Å². The van der Waals surface area contributed by atoms with Crippen molar-refractivity contribution < 1.29 is 22.4 Å². The van der Waals surface area contributed by atoms with Gasteiger partial charge in [-0.15, -0.1) is 6.58 Å². The number of furan rings is 1. The average molecular weight is 442 g/mol. The van der Waals surface area contributed by atoms with Gasteiger partial charge in [-0.25, -0.2) is 4.39 Å². The number of amides is 1. The van der Waals surface area contributed by atoms with Crippen molar-refractivity contribution in [2.24, 2.45) is 0 Å². The second-order valence-corrected chi connectivity index (χ2v) is 7.48. The van der Waals surface area contributed by atoms with E-state index in [9.17, 15) is 17.9 Å². The predicted molar refractivity (Wildman–Crippen MR) is 119 cm³/mol. The van der Waals surface area contributed by atoms with Crippen molar-refractivity contribution in [2.45, 2.75) is 12.8 Å². The molecule has 3 aromatic rings. The van der Waals surface area contributed by atoms with E-state index in [1.807, 2.05) is 0 Å². The van der Waals surface area contributed by atoms with Gasteiger partial charge in [0.2, 0.25) is 5.71 Å². The van der Waals surface area contributed by atoms with Crippen LogP contribution >= 0.6 is 0 Å². The number of aromatic nitrogens is 1. The fourth-order valence-electron chi connectivity index (χ4n) is 3.16. The number of benzene rings is 1. The van der Waals surface area contributed by atoms with Crippen molar-refractivity contribution in [3.63, 3.8) is 0 Å². The molecule has 0 bridgehead atoms. The maximum absolute atomic E-state index is 13.4. The van der Waals surface area contributed by atoms with E-state index < -0.39 is 23.0 Å². The summed E-state index contributed by atoms with van der Waals surface area (Å²) in [4.78, 5) is 17.0. The molecule has 1 unspecified atom stereocenters. The van der Waals surface area contributed by atoms with E-state index in [1.165, 1.54) is 37.4 Å². The summed E-state index contributed by atoms with van der Waals surface area (Å²) >= 11 is -2.58. The summed E-state index contributed by atoms with van der Waals surface area (Å²) in [5, 5.41) is 2.95. The molecule has 2 aromatic heterocycles. The van der Waals surface area contributed by atoms with Gasteiger partial charge in [0.05, 0.1) is 10.9 Å². The fraction of sp³-hybridized carbons (Fsp3) is 0.182. The molecule has 3 rings (SSSR count). The lowest BCUT2D eigenvalue weighted by atomic mass is 10.0. The third kappa shape index (κ3) is 4.57. The summed E-state index contributed by atoms with van der Waals surface area (Å²) in [6, 6.07) is 7.10. The molecule has 0 fully saturated rings. The number of nitrogens with zero attached hydrogens (tertiary/aromatic N) is 2. The van der Waals surface area contributed by atoms with Gasteiger partial charge in [0.1, 0.15) is 11.6 Å². The van der Waals surface area contributed by atoms with Gasteiger partial charge in [-0.3, -0.25) is 13.3 Å². The second-order valence-electron chi connectivity index (χ2n) is 6.60. The SMILES string of the molecule is C=CCCCN(c1nc2oc(-c3ccc(F)cc3)c(C(=O)NC)c2cc1C=C)S(=O)[O-]. The highest BCUT2D eigenvalue weighted by Gasteiger charge is 2.25. The quantitative estimate of drug-likeness (QED) is 0.304. The zero-order valence-corrected chi connectivity index (χ0v) is 17.7. The Labute approximate surface area is 181 Å². The van der Waals surface area contributed by atoms with Crippen molar-refractivity contribution in [3.8, 4) is 11.3 Å². The van der Waals surface area contributed by atoms with Crippen LogP contribution in [0.3, 0.4) is 0 Å². The Bertz CT molecular complexity index is 1160. The molecule has 1 atom stereocenters. The van der Waals surface area contributed by atoms with Crippen LogP contribution in [0, 0.1) is 5.82 Å². The van der Waals surface area contributed by atoms with Crippen molar-refractivity contribution >= 4 is 40.2 Å². The number of fused-ring (bicyclic) bond motifs is 1. The van der Waals surface area contributed by atoms with Gasteiger partial charge in [-0.05, 0) is 43.2 Å². The molecule has 0 saturated heterocycles. The molecule has 31 heavy (non-hydrogen) atoms. The number of nitrogens with one attached hydrogen (secondary N) is 1. The van der Waals surface area contributed by atoms with Crippen molar-refractivity contribution in [3.05, 3.63) is 66.5 Å². The van der Waals surface area contributed by atoms with E-state index in [0.717, 1.165) is 4.31 Å². The van der Waals surface area contributed by atoms with Crippen LogP contribution in [0.15, 0.2) is 54.0 Å². The molecular weight excluding hydrogens is 421 g/mol. The second kappa shape index (κ2) is 9.67. The van der Waals surface area contributed by atoms with E-state index in [2.05, 4.69) is 23.5 Å². The first-order chi connectivity index (χ1) is 14.9. The van der Waals surface area contributed by atoms with Crippen LogP contribution < -0.4 is 9.62 Å². The summed E-state index contributed by atoms with van der Waals surface area (Å²) in [5.74, 6) is -0.500. The molecule has 0 saturated carbocycles. The van der Waals surface area contributed by atoms with Gasteiger partial charge in [-0.1, -0.05) is 18.7 Å². The fourth-order valence-corrected chi connectivity index (χ4v) is 3.73. The smallest absolute Gasteiger partial charge is 0.255 e. The van der Waals surface area contributed by atoms with Crippen LogP contribution in [-0.4, -0.2) is 33.2 Å². The summed E-state index contributed by atoms with van der Waals surface area (Å²) in [6.45, 7) is 7.58. The lowest BCUT2D eigenvalue weighted by molar-refractivity contribution is 0.0964. The minimum Gasteiger partial charge on any atom is -0.755 e. The molecule has 0 spiro atoms. The van der Waals surface area contributed by atoms with Crippen molar-refractivity contribution in [1.29, 1.82) is 0 Å². The minimum atomic E-state index is -2.58. The molecule has 9 heteroatoms. The van der Waals surface area contributed by atoms with Crippen molar-refractivity contribution in [1.82, 2.24) is 10.3 Å². The normalized spacial score (nSPS) is 11.8. The predicted octanol–water partition coefficient (Wildman–Crippen LogP) is 4.20. The molecule has 1 aromatic carbocycles. The van der Waals surface area contributed by atoms with E-state index in [-0.39, 0.29) is 29.4 Å². The topological polar surface area (TPSA) is 98.5 Å². The van der Waals surface area contributed by atoms with Gasteiger partial charge in [0.15, 0.2) is 5.82 Å². The average Bonchev–Trinajstić information content (AvgIpc) is 3.13. The largest absolute Gasteiger partial charge is 0.755 e. The van der Waals surface area contributed by atoms with Crippen LogP contribution in [-0.2, 0) is 11.3 Å². The van der Waals surface area contributed by atoms with E-state index in [4.69, 9.17) is 4.42 Å². The number of halogens is 1. The van der Waals surface area contributed by atoms with Crippen molar-refractivity contribution in [2.75, 3.05) is 17.9 Å². The molecule has 162 valence electrons. The van der Waals surface area contributed by atoms with Gasteiger partial charge in [0, 0.05) is 36.0 Å². The molecule has 0 radical (unpaired) electrons. The van der Waals surface area contributed by atoms with Gasteiger partial charge >= 0.3 is 0 Å². The first-order valence-electron chi connectivity index (χ1n) is 9.47. The standard InChI is InChI=1S/C22H22FN3O4S/c1-4-6-7-12-26(31(28)29)20-14(5-2)13-17-18(21(27)24-3)19(30-22(17)25-20)15-8-10-16(23)11-9-15/h4-5,8-11,13H,1-2,6-7,12H2,3H3,(H,24,27)(H,28,29)/p-1. The Morgan fingerprint density at radius 3 is 2.65 bits per heavy atom. The molecule has 7 nitrogen and oxygen atoms in total. The highest BCUT2D eigenvalue weighted by atomic mass is 32.2. The monoisotopic (exact) mass is 442 g/mol. The molecule has 2 heterocycles. The number of hydrogen-bond acceptors (Lipinski definition) is 5.